The van der Waals surface area contributed by atoms with Gasteiger partial charge in [0.1, 0.15) is 11.1 Å². The first-order chi connectivity index (χ1) is 30.7. The summed E-state index contributed by atoms with van der Waals surface area (Å²) in [5, 5.41) is 0. The van der Waals surface area contributed by atoms with E-state index in [2.05, 4.69) is 39.5 Å². The van der Waals surface area contributed by atoms with Crippen molar-refractivity contribution in [2.75, 3.05) is 26.4 Å². The summed E-state index contributed by atoms with van der Waals surface area (Å²) in [4.78, 5) is 0. The van der Waals surface area contributed by atoms with E-state index in [1.807, 2.05) is 0 Å². The van der Waals surface area contributed by atoms with Gasteiger partial charge in [0, 0.05) is 0 Å². The van der Waals surface area contributed by atoms with Crippen molar-refractivity contribution in [2.45, 2.75) is 285 Å². The van der Waals surface area contributed by atoms with Crippen molar-refractivity contribution in [2.24, 2.45) is 0 Å². The van der Waals surface area contributed by atoms with E-state index >= 15 is 0 Å². The largest absolute Gasteiger partial charge is 0.488 e. The van der Waals surface area contributed by atoms with Gasteiger partial charge in [-0.1, -0.05) is 271 Å². The molecule has 0 amide bonds. The summed E-state index contributed by atoms with van der Waals surface area (Å²) < 4.78 is 26.6. The van der Waals surface area contributed by atoms with Crippen molar-refractivity contribution in [3.63, 3.8) is 0 Å². The summed E-state index contributed by atoms with van der Waals surface area (Å²) in [6, 6.07) is 0. The Kier molecular flexibility index (Phi) is 41.9. The summed E-state index contributed by atoms with van der Waals surface area (Å²) >= 11 is 0. The Bertz CT molecular complexity index is 1040. The van der Waals surface area contributed by atoms with Gasteiger partial charge >= 0.3 is 0 Å². The first-order valence-electron chi connectivity index (χ1n) is 27.4. The highest BCUT2D eigenvalue weighted by atomic mass is 16.5. The maximum atomic E-state index is 6.64. The zero-order valence-electron chi connectivity index (χ0n) is 41.9. The molecule has 1 rings (SSSR count). The van der Waals surface area contributed by atoms with Gasteiger partial charge < -0.3 is 18.9 Å². The topological polar surface area (TPSA) is 36.9 Å². The normalized spacial score (nSPS) is 11.1. The molecule has 0 N–H and O–H groups in total. The zero-order valence-corrected chi connectivity index (χ0v) is 41.9. The second-order valence-corrected chi connectivity index (χ2v) is 18.5. The molecule has 4 heteroatoms. The molecule has 0 radical (unpaired) electrons. The molecule has 0 atom stereocenters. The minimum Gasteiger partial charge on any atom is -0.488 e. The Balaban J connectivity index is 3.10. The highest BCUT2D eigenvalue weighted by Crippen LogP contribution is 2.49. The quantitative estimate of drug-likeness (QED) is 0.0483. The van der Waals surface area contributed by atoms with Crippen molar-refractivity contribution in [3.8, 4) is 47.7 Å². The van der Waals surface area contributed by atoms with Crippen LogP contribution in [-0.2, 0) is 0 Å². The molecule has 1 aromatic rings. The molecule has 0 saturated heterocycles. The monoisotopic (exact) mass is 863 g/mol. The first-order valence-corrected chi connectivity index (χ1v) is 27.4. The fourth-order valence-corrected chi connectivity index (χ4v) is 8.53. The van der Waals surface area contributed by atoms with Gasteiger partial charge in [-0.3, -0.25) is 0 Å². The van der Waals surface area contributed by atoms with Gasteiger partial charge in [0.2, 0.25) is 0 Å². The molecule has 4 nitrogen and oxygen atoms in total. The van der Waals surface area contributed by atoms with Crippen LogP contribution in [0, 0.1) is 24.7 Å². The van der Waals surface area contributed by atoms with Crippen LogP contribution in [0.1, 0.15) is 296 Å². The highest BCUT2D eigenvalue weighted by molar-refractivity contribution is 5.74. The summed E-state index contributed by atoms with van der Waals surface area (Å²) in [7, 11) is 0. The van der Waals surface area contributed by atoms with Crippen molar-refractivity contribution in [1.82, 2.24) is 0 Å². The number of unbranched alkanes of at least 4 members (excludes halogenated alkanes) is 36. The van der Waals surface area contributed by atoms with Crippen LogP contribution in [0.15, 0.2) is 0 Å². The third-order valence-corrected chi connectivity index (χ3v) is 12.6. The molecule has 0 aliphatic heterocycles. The average Bonchev–Trinajstić information content (AvgIpc) is 3.28. The van der Waals surface area contributed by atoms with E-state index in [0.717, 1.165) is 51.4 Å². The van der Waals surface area contributed by atoms with E-state index in [-0.39, 0.29) is 0 Å². The van der Waals surface area contributed by atoms with Crippen LogP contribution < -0.4 is 18.9 Å². The third kappa shape index (κ3) is 30.6. The van der Waals surface area contributed by atoms with E-state index < -0.39 is 0 Å². The smallest absolute Gasteiger partial charge is 0.182 e. The SMILES string of the molecule is C#Cc1c(OCCCCCCCCCCCC)c(OCCCCCCCCCCCC)c(C#C)c(OCCCCCCCCCCCC)c1OCCCCCCCCCCCC. The molecule has 0 aliphatic rings. The van der Waals surface area contributed by atoms with Gasteiger partial charge in [0.05, 0.1) is 26.4 Å². The molecular formula is C58H102O4. The number of hydrogen-bond donors (Lipinski definition) is 0. The van der Waals surface area contributed by atoms with Gasteiger partial charge in [-0.25, -0.2) is 0 Å². The van der Waals surface area contributed by atoms with Crippen LogP contribution in [0.25, 0.3) is 0 Å². The molecule has 1 aromatic carbocycles. The highest BCUT2D eigenvalue weighted by Gasteiger charge is 2.28. The minimum atomic E-state index is 0.563. The maximum Gasteiger partial charge on any atom is 0.182 e. The zero-order chi connectivity index (χ0) is 44.8. The molecule has 0 bridgehead atoms. The number of hydrogen-bond acceptors (Lipinski definition) is 4. The Morgan fingerprint density at radius 1 is 0.242 bits per heavy atom. The number of ether oxygens (including phenoxy) is 4. The van der Waals surface area contributed by atoms with Gasteiger partial charge in [-0.2, -0.15) is 0 Å². The van der Waals surface area contributed by atoms with Gasteiger partial charge in [-0.15, -0.1) is 12.8 Å². The van der Waals surface area contributed by atoms with Gasteiger partial charge in [-0.05, 0) is 25.7 Å². The Morgan fingerprint density at radius 2 is 0.387 bits per heavy atom. The van der Waals surface area contributed by atoms with E-state index in [1.165, 1.54) is 205 Å². The van der Waals surface area contributed by atoms with Crippen LogP contribution in [0.2, 0.25) is 0 Å². The number of benzene rings is 1. The summed E-state index contributed by atoms with van der Waals surface area (Å²) in [5.41, 5.74) is 1.17. The van der Waals surface area contributed by atoms with Crippen LogP contribution in [0.3, 0.4) is 0 Å². The predicted molar refractivity (Wildman–Crippen MR) is 272 cm³/mol. The fraction of sp³-hybridized carbons (Fsp3) is 0.828. The molecule has 0 aromatic heterocycles. The fourth-order valence-electron chi connectivity index (χ4n) is 8.53. The maximum absolute atomic E-state index is 6.64. The lowest BCUT2D eigenvalue weighted by Crippen LogP contribution is -2.11. The molecule has 0 fully saturated rings. The Morgan fingerprint density at radius 3 is 0.532 bits per heavy atom. The van der Waals surface area contributed by atoms with Crippen molar-refractivity contribution in [1.29, 1.82) is 0 Å². The summed E-state index contributed by atoms with van der Waals surface area (Å²) in [5.74, 6) is 8.22. The van der Waals surface area contributed by atoms with Crippen molar-refractivity contribution >= 4 is 0 Å². The van der Waals surface area contributed by atoms with E-state index in [0.29, 0.717) is 60.6 Å². The first kappa shape index (κ1) is 57.6. The molecule has 0 heterocycles. The molecule has 358 valence electrons. The van der Waals surface area contributed by atoms with Crippen LogP contribution in [0.4, 0.5) is 0 Å². The van der Waals surface area contributed by atoms with E-state index in [1.54, 1.807) is 0 Å². The van der Waals surface area contributed by atoms with Crippen LogP contribution >= 0.6 is 0 Å². The molecule has 0 unspecified atom stereocenters. The molecule has 0 spiro atoms. The number of rotatable bonds is 48. The van der Waals surface area contributed by atoms with Crippen molar-refractivity contribution in [3.05, 3.63) is 11.1 Å². The summed E-state index contributed by atoms with van der Waals surface area (Å²) in [6.45, 7) is 11.4. The molecule has 0 saturated carbocycles. The predicted octanol–water partition coefficient (Wildman–Crippen LogP) is 18.8. The summed E-state index contributed by atoms with van der Waals surface area (Å²) in [6.07, 6.45) is 63.6. The second-order valence-electron chi connectivity index (χ2n) is 18.5. The molecular weight excluding hydrogens is 761 g/mol. The second kappa shape index (κ2) is 45.1. The lowest BCUT2D eigenvalue weighted by atomic mass is 10.0. The lowest BCUT2D eigenvalue weighted by molar-refractivity contribution is 0.237. The number of terminal acetylenes is 2. The molecule has 0 aliphatic carbocycles. The lowest BCUT2D eigenvalue weighted by Gasteiger charge is -2.23. The van der Waals surface area contributed by atoms with Gasteiger partial charge in [0.15, 0.2) is 23.0 Å². The molecule has 62 heavy (non-hydrogen) atoms. The average molecular weight is 863 g/mol. The standard InChI is InChI=1S/C58H102O4/c1-7-13-17-21-25-29-33-37-41-45-49-59-55-53(11-5)57(61-51-47-43-39-35-31-27-23-19-15-9-3)58(62-52-48-44-40-36-32-28-24-20-16-10-4)54(12-6)56(55)60-50-46-42-38-34-30-26-22-18-14-8-2/h5-6H,7-10,13-52H2,1-4H3. The van der Waals surface area contributed by atoms with Crippen molar-refractivity contribution < 1.29 is 18.9 Å². The van der Waals surface area contributed by atoms with E-state index in [4.69, 9.17) is 31.8 Å². The Hall–Kier alpha value is -2.46. The third-order valence-electron chi connectivity index (χ3n) is 12.6. The minimum absolute atomic E-state index is 0.563. The van der Waals surface area contributed by atoms with Crippen LogP contribution in [0.5, 0.6) is 23.0 Å². The van der Waals surface area contributed by atoms with Gasteiger partial charge in [0.25, 0.3) is 0 Å². The van der Waals surface area contributed by atoms with Crippen LogP contribution in [-0.4, -0.2) is 26.4 Å². The Labute approximate surface area is 387 Å². The van der Waals surface area contributed by atoms with E-state index in [9.17, 15) is 0 Å².